The van der Waals surface area contributed by atoms with Gasteiger partial charge in [-0.2, -0.15) is 0 Å². The molecule has 1 aromatic rings. The van der Waals surface area contributed by atoms with E-state index in [0.717, 1.165) is 0 Å². The van der Waals surface area contributed by atoms with E-state index in [1.165, 1.54) is 18.5 Å². The first-order valence-corrected chi connectivity index (χ1v) is 6.82. The molecule has 0 saturated heterocycles. The minimum atomic E-state index is -3.77. The number of aromatic nitrogens is 1. The molecule has 0 fully saturated rings. The summed E-state index contributed by atoms with van der Waals surface area (Å²) in [5, 5.41) is 0. The summed E-state index contributed by atoms with van der Waals surface area (Å²) in [4.78, 5) is 13.8. The van der Waals surface area contributed by atoms with Gasteiger partial charge < -0.3 is 4.98 Å². The summed E-state index contributed by atoms with van der Waals surface area (Å²) in [7, 11) is -3.77. The number of hydrogen-bond donors (Lipinski definition) is 2. The van der Waals surface area contributed by atoms with E-state index < -0.39 is 15.5 Å². The van der Waals surface area contributed by atoms with Crippen molar-refractivity contribution in [1.29, 1.82) is 0 Å². The van der Waals surface area contributed by atoms with Gasteiger partial charge in [-0.25, -0.2) is 13.1 Å². The predicted octanol–water partition coefficient (Wildman–Crippen LogP) is 1.09. The van der Waals surface area contributed by atoms with Crippen LogP contribution in [0.4, 0.5) is 0 Å². The third-order valence-electron chi connectivity index (χ3n) is 2.71. The minimum absolute atomic E-state index is 0.214. The van der Waals surface area contributed by atoms with Crippen molar-refractivity contribution >= 4 is 10.0 Å². The first-order chi connectivity index (χ1) is 7.64. The second-order valence-corrected chi connectivity index (χ2v) is 6.76. The van der Waals surface area contributed by atoms with Crippen molar-refractivity contribution in [3.05, 3.63) is 28.7 Å². The van der Waals surface area contributed by atoms with E-state index in [1.807, 2.05) is 20.8 Å². The molecule has 0 saturated carbocycles. The zero-order chi connectivity index (χ0) is 13.3. The Morgan fingerprint density at radius 2 is 1.94 bits per heavy atom. The smallest absolute Gasteiger partial charge is 0.246 e. The minimum Gasteiger partial charge on any atom is -0.366 e. The van der Waals surface area contributed by atoms with Gasteiger partial charge in [0.25, 0.3) is 0 Å². The summed E-state index contributed by atoms with van der Waals surface area (Å²) in [6.07, 6.45) is 2.59. The topological polar surface area (TPSA) is 79.0 Å². The molecule has 0 aliphatic rings. The highest BCUT2D eigenvalue weighted by Crippen LogP contribution is 2.20. The molecule has 1 aromatic heterocycles. The van der Waals surface area contributed by atoms with E-state index in [9.17, 15) is 13.2 Å². The van der Waals surface area contributed by atoms with Gasteiger partial charge in [-0.05, 0) is 12.3 Å². The second kappa shape index (κ2) is 4.62. The molecule has 0 spiro atoms. The fourth-order valence-corrected chi connectivity index (χ4v) is 2.59. The molecule has 1 rings (SSSR count). The molecule has 6 heteroatoms. The molecule has 2 N–H and O–H groups in total. The summed E-state index contributed by atoms with van der Waals surface area (Å²) >= 11 is 0. The van der Waals surface area contributed by atoms with Gasteiger partial charge in [0, 0.05) is 24.5 Å². The van der Waals surface area contributed by atoms with Gasteiger partial charge in [-0.15, -0.1) is 0 Å². The van der Waals surface area contributed by atoms with E-state index in [0.29, 0.717) is 0 Å². The maximum Gasteiger partial charge on any atom is 0.246 e. The third kappa shape index (κ3) is 3.41. The van der Waals surface area contributed by atoms with Gasteiger partial charge in [0.05, 0.1) is 0 Å². The lowest BCUT2D eigenvalue weighted by Gasteiger charge is -2.27. The summed E-state index contributed by atoms with van der Waals surface area (Å²) in [6, 6.07) is 0.920. The summed E-state index contributed by atoms with van der Waals surface area (Å²) < 4.78 is 26.5. The quantitative estimate of drug-likeness (QED) is 0.851. The lowest BCUT2D eigenvalue weighted by molar-refractivity contribution is 0.317. The highest BCUT2D eigenvalue weighted by atomic mass is 32.2. The number of aromatic amines is 1. The van der Waals surface area contributed by atoms with Crippen molar-refractivity contribution in [2.45, 2.75) is 38.6 Å². The second-order valence-electron chi connectivity index (χ2n) is 5.08. The molecular formula is C11H18N2O3S. The van der Waals surface area contributed by atoms with Gasteiger partial charge in [-0.3, -0.25) is 4.79 Å². The zero-order valence-electron chi connectivity index (χ0n) is 10.4. The highest BCUT2D eigenvalue weighted by molar-refractivity contribution is 7.89. The van der Waals surface area contributed by atoms with Crippen molar-refractivity contribution in [3.63, 3.8) is 0 Å². The average molecular weight is 258 g/mol. The van der Waals surface area contributed by atoms with Crippen LogP contribution in [0.25, 0.3) is 0 Å². The largest absolute Gasteiger partial charge is 0.366 e. The molecule has 5 nitrogen and oxygen atoms in total. The maximum absolute atomic E-state index is 12.0. The third-order valence-corrected chi connectivity index (χ3v) is 4.27. The molecule has 17 heavy (non-hydrogen) atoms. The lowest BCUT2D eigenvalue weighted by atomic mass is 9.89. The summed E-state index contributed by atoms with van der Waals surface area (Å²) in [6.45, 7) is 7.55. The molecule has 0 aliphatic carbocycles. The van der Waals surface area contributed by atoms with E-state index in [2.05, 4.69) is 9.71 Å². The molecule has 1 atom stereocenters. The molecule has 1 unspecified atom stereocenters. The van der Waals surface area contributed by atoms with Gasteiger partial charge >= 0.3 is 0 Å². The fraction of sp³-hybridized carbons (Fsp3) is 0.545. The fourth-order valence-electron chi connectivity index (χ4n) is 1.08. The van der Waals surface area contributed by atoms with E-state index in [1.54, 1.807) is 6.92 Å². The first-order valence-electron chi connectivity index (χ1n) is 5.34. The number of sulfonamides is 1. The molecule has 0 bridgehead atoms. The normalized spacial score (nSPS) is 14.6. The van der Waals surface area contributed by atoms with Gasteiger partial charge in [0.15, 0.2) is 0 Å². The SMILES string of the molecule is CC(NS(=O)(=O)c1c[nH]ccc1=O)C(C)(C)C. The zero-order valence-corrected chi connectivity index (χ0v) is 11.3. The van der Waals surface area contributed by atoms with Crippen LogP contribution >= 0.6 is 0 Å². The Labute approximate surface area is 101 Å². The van der Waals surface area contributed by atoms with Gasteiger partial charge in [-0.1, -0.05) is 20.8 Å². The van der Waals surface area contributed by atoms with Crippen molar-refractivity contribution in [2.24, 2.45) is 5.41 Å². The van der Waals surface area contributed by atoms with Crippen LogP contribution in [0.2, 0.25) is 0 Å². The average Bonchev–Trinajstić information content (AvgIpc) is 2.15. The number of nitrogens with one attached hydrogen (secondary N) is 2. The van der Waals surface area contributed by atoms with Crippen LogP contribution in [0.5, 0.6) is 0 Å². The molecule has 0 amide bonds. The van der Waals surface area contributed by atoms with Crippen molar-refractivity contribution < 1.29 is 8.42 Å². The molecule has 0 aromatic carbocycles. The number of pyridine rings is 1. The number of H-pyrrole nitrogens is 1. The maximum atomic E-state index is 12.0. The van der Waals surface area contributed by atoms with Crippen molar-refractivity contribution in [1.82, 2.24) is 9.71 Å². The Balaban J connectivity index is 3.07. The molecule has 0 aliphatic heterocycles. The molecule has 0 radical (unpaired) electrons. The Kier molecular flexibility index (Phi) is 3.78. The summed E-state index contributed by atoms with van der Waals surface area (Å²) in [5.41, 5.74) is -0.730. The van der Waals surface area contributed by atoms with Crippen LogP contribution in [0.15, 0.2) is 28.2 Å². The van der Waals surface area contributed by atoms with Gasteiger partial charge in [0.2, 0.25) is 15.5 Å². The Morgan fingerprint density at radius 3 is 2.41 bits per heavy atom. The lowest BCUT2D eigenvalue weighted by Crippen LogP contribution is -2.42. The standard InChI is InChI=1S/C11H18N2O3S/c1-8(11(2,3)4)13-17(15,16)10-7-12-6-5-9(10)14/h5-8,13H,1-4H3,(H,12,14). The number of hydrogen-bond acceptors (Lipinski definition) is 3. The van der Waals surface area contributed by atoms with Crippen LogP contribution in [0.1, 0.15) is 27.7 Å². The predicted molar refractivity (Wildman–Crippen MR) is 66.3 cm³/mol. The summed E-state index contributed by atoms with van der Waals surface area (Å²) in [5.74, 6) is 0. The molecular weight excluding hydrogens is 240 g/mol. The Bertz CT molecular complexity index is 540. The van der Waals surface area contributed by atoms with Crippen LogP contribution < -0.4 is 10.2 Å². The van der Waals surface area contributed by atoms with Crippen LogP contribution in [-0.2, 0) is 10.0 Å². The monoisotopic (exact) mass is 258 g/mol. The van der Waals surface area contributed by atoms with Crippen LogP contribution in [0, 0.1) is 5.41 Å². The van der Waals surface area contributed by atoms with Crippen LogP contribution in [0.3, 0.4) is 0 Å². The molecule has 1 heterocycles. The van der Waals surface area contributed by atoms with Gasteiger partial charge in [0.1, 0.15) is 4.90 Å². The first kappa shape index (κ1) is 13.9. The van der Waals surface area contributed by atoms with Crippen molar-refractivity contribution in [2.75, 3.05) is 0 Å². The molecule has 96 valence electrons. The van der Waals surface area contributed by atoms with Crippen molar-refractivity contribution in [3.8, 4) is 0 Å². The van der Waals surface area contributed by atoms with E-state index in [4.69, 9.17) is 0 Å². The number of rotatable bonds is 3. The highest BCUT2D eigenvalue weighted by Gasteiger charge is 2.27. The van der Waals surface area contributed by atoms with E-state index in [-0.39, 0.29) is 16.4 Å². The van der Waals surface area contributed by atoms with E-state index >= 15 is 0 Å². The van der Waals surface area contributed by atoms with Crippen LogP contribution in [-0.4, -0.2) is 19.4 Å². The Hall–Kier alpha value is -1.14. The Morgan fingerprint density at radius 1 is 1.35 bits per heavy atom.